The van der Waals surface area contributed by atoms with Crippen molar-refractivity contribution in [2.24, 2.45) is 16.8 Å². The molecule has 1 aliphatic heterocycles. The van der Waals surface area contributed by atoms with Crippen molar-refractivity contribution in [1.29, 1.82) is 0 Å². The quantitative estimate of drug-likeness (QED) is 0.207. The molecule has 1 atom stereocenters. The van der Waals surface area contributed by atoms with Gasteiger partial charge in [0, 0.05) is 25.6 Å². The average Bonchev–Trinajstić information content (AvgIpc) is 3.12. The molecule has 0 saturated carbocycles. The Bertz CT molecular complexity index is 981. The molecule has 2 rings (SSSR count). The Labute approximate surface area is 191 Å². The maximum absolute atomic E-state index is 11.3. The Kier molecular flexibility index (Phi) is 12.8. The summed E-state index contributed by atoms with van der Waals surface area (Å²) in [6.07, 6.45) is 1.43. The molecule has 1 heterocycles. The first-order valence-electron chi connectivity index (χ1n) is 8.94. The zero-order chi connectivity index (χ0) is 25.8. The number of nitrogens with one attached hydrogen (secondary N) is 1. The number of methoxy groups -OCH3 is 2. The Morgan fingerprint density at radius 3 is 2.15 bits per heavy atom. The van der Waals surface area contributed by atoms with E-state index in [4.69, 9.17) is 29.2 Å². The summed E-state index contributed by atoms with van der Waals surface area (Å²) >= 11 is 0. The first kappa shape index (κ1) is 30.4. The van der Waals surface area contributed by atoms with Gasteiger partial charge in [0.1, 0.15) is 6.61 Å². The maximum Gasteiger partial charge on any atom is 0.321 e. The topological polar surface area (TPSA) is 230 Å². The first-order valence-corrected chi connectivity index (χ1v) is 12.6. The summed E-state index contributed by atoms with van der Waals surface area (Å²) in [4.78, 5) is 16.1. The number of hydrogen-bond donors (Lipinski definition) is 4. The fraction of sp³-hybridized carbons (Fsp3) is 0.562. The van der Waals surface area contributed by atoms with Crippen LogP contribution in [0.5, 0.6) is 11.5 Å². The van der Waals surface area contributed by atoms with Gasteiger partial charge in [-0.2, -0.15) is 16.8 Å². The second kappa shape index (κ2) is 13.9. The van der Waals surface area contributed by atoms with Gasteiger partial charge in [0.05, 0.1) is 42.9 Å². The number of nitrogens with two attached hydrogens (primary N) is 1. The second-order valence-electron chi connectivity index (χ2n) is 6.45. The van der Waals surface area contributed by atoms with E-state index in [-0.39, 0.29) is 29.7 Å². The van der Waals surface area contributed by atoms with Crippen molar-refractivity contribution in [3.05, 3.63) is 27.8 Å². The highest BCUT2D eigenvalue weighted by Gasteiger charge is 2.26. The fourth-order valence-corrected chi connectivity index (χ4v) is 2.42. The molecule has 5 N–H and O–H groups in total. The van der Waals surface area contributed by atoms with Crippen LogP contribution in [-0.2, 0) is 31.7 Å². The van der Waals surface area contributed by atoms with Crippen LogP contribution >= 0.6 is 0 Å². The monoisotopic (exact) mass is 516 g/mol. The number of benzene rings is 1. The number of rotatable bonds is 7. The summed E-state index contributed by atoms with van der Waals surface area (Å²) in [7, 11) is -4.56. The standard InChI is InChI=1S/C14H20N4O5.2CH4O3S/c1-21-12-4-3-9(13(18(19)20)14(12)22-2)8-23-17-11-7-16-6-10(11)5-15;2*1-5(2,3)4/h3-4,10,16H,5-8,15H2,1-2H3;2*1H3,(H,2,3,4)/b17-11+;;. The largest absolute Gasteiger partial charge is 0.493 e. The van der Waals surface area contributed by atoms with Crippen LogP contribution in [0.1, 0.15) is 5.56 Å². The van der Waals surface area contributed by atoms with Crippen LogP contribution in [0, 0.1) is 16.0 Å². The Morgan fingerprint density at radius 2 is 1.73 bits per heavy atom. The van der Waals surface area contributed by atoms with E-state index in [1.54, 1.807) is 12.1 Å². The van der Waals surface area contributed by atoms with Crippen molar-refractivity contribution in [3.63, 3.8) is 0 Å². The van der Waals surface area contributed by atoms with Crippen LogP contribution in [0.2, 0.25) is 0 Å². The molecule has 15 nitrogen and oxygen atoms in total. The minimum absolute atomic E-state index is 0.0442. The van der Waals surface area contributed by atoms with Crippen molar-refractivity contribution in [3.8, 4) is 11.5 Å². The molecule has 190 valence electrons. The molecule has 0 bridgehead atoms. The summed E-state index contributed by atoms with van der Waals surface area (Å²) in [6, 6.07) is 3.16. The highest BCUT2D eigenvalue weighted by molar-refractivity contribution is 7.85. The van der Waals surface area contributed by atoms with Crippen molar-refractivity contribution in [1.82, 2.24) is 5.32 Å². The van der Waals surface area contributed by atoms with E-state index in [1.165, 1.54) is 14.2 Å². The van der Waals surface area contributed by atoms with Gasteiger partial charge in [0.15, 0.2) is 5.75 Å². The van der Waals surface area contributed by atoms with Gasteiger partial charge in [-0.3, -0.25) is 19.2 Å². The third kappa shape index (κ3) is 13.5. The smallest absolute Gasteiger partial charge is 0.321 e. The van der Waals surface area contributed by atoms with Gasteiger partial charge < -0.3 is 25.4 Å². The predicted octanol–water partition coefficient (Wildman–Crippen LogP) is -0.329. The van der Waals surface area contributed by atoms with Gasteiger partial charge >= 0.3 is 5.69 Å². The van der Waals surface area contributed by atoms with E-state index in [0.29, 0.717) is 31.2 Å². The molecular weight excluding hydrogens is 488 g/mol. The van der Waals surface area contributed by atoms with Gasteiger partial charge in [-0.1, -0.05) is 5.16 Å². The molecule has 0 aromatic heterocycles. The molecule has 0 spiro atoms. The lowest BCUT2D eigenvalue weighted by Crippen LogP contribution is -2.22. The van der Waals surface area contributed by atoms with Crippen LogP contribution < -0.4 is 20.5 Å². The molecule has 0 radical (unpaired) electrons. The lowest BCUT2D eigenvalue weighted by molar-refractivity contribution is -0.386. The fourth-order valence-electron chi connectivity index (χ4n) is 2.42. The van der Waals surface area contributed by atoms with E-state index in [2.05, 4.69) is 10.5 Å². The minimum atomic E-state index is -3.67. The summed E-state index contributed by atoms with van der Waals surface area (Å²) in [6.45, 7) is 1.80. The molecule has 1 saturated heterocycles. The van der Waals surface area contributed by atoms with Crippen LogP contribution in [0.25, 0.3) is 0 Å². The number of nitrogens with zero attached hydrogens (tertiary/aromatic N) is 2. The highest BCUT2D eigenvalue weighted by atomic mass is 32.2. The van der Waals surface area contributed by atoms with Gasteiger partial charge in [0.2, 0.25) is 5.75 Å². The Hall–Kier alpha value is -2.57. The Morgan fingerprint density at radius 1 is 1.18 bits per heavy atom. The molecule has 1 aromatic carbocycles. The normalized spacial score (nSPS) is 16.7. The number of hydrogen-bond acceptors (Lipinski definition) is 12. The van der Waals surface area contributed by atoms with E-state index in [9.17, 15) is 26.9 Å². The number of nitro groups is 1. The minimum Gasteiger partial charge on any atom is -0.493 e. The zero-order valence-corrected chi connectivity index (χ0v) is 20.1. The van der Waals surface area contributed by atoms with E-state index in [1.807, 2.05) is 0 Å². The van der Waals surface area contributed by atoms with Crippen LogP contribution in [0.15, 0.2) is 17.3 Å². The third-order valence-electron chi connectivity index (χ3n) is 3.64. The summed E-state index contributed by atoms with van der Waals surface area (Å²) in [5, 5.41) is 18.5. The van der Waals surface area contributed by atoms with Gasteiger partial charge in [-0.15, -0.1) is 0 Å². The maximum atomic E-state index is 11.3. The lowest BCUT2D eigenvalue weighted by atomic mass is 10.1. The number of oxime groups is 1. The van der Waals surface area contributed by atoms with Gasteiger partial charge in [-0.25, -0.2) is 0 Å². The predicted molar refractivity (Wildman–Crippen MR) is 119 cm³/mol. The Balaban J connectivity index is 0.000000859. The van der Waals surface area contributed by atoms with Crippen LogP contribution in [0.4, 0.5) is 5.69 Å². The molecule has 1 unspecified atom stereocenters. The van der Waals surface area contributed by atoms with Gasteiger partial charge in [-0.05, 0) is 12.1 Å². The summed E-state index contributed by atoms with van der Waals surface area (Å²) in [5.74, 6) is 0.487. The summed E-state index contributed by atoms with van der Waals surface area (Å²) in [5.41, 5.74) is 6.63. The molecular formula is C16H28N4O11S2. The second-order valence-corrected chi connectivity index (χ2v) is 9.38. The molecule has 1 aromatic rings. The van der Waals surface area contributed by atoms with Crippen molar-refractivity contribution < 1.29 is 45.2 Å². The van der Waals surface area contributed by atoms with Crippen molar-refractivity contribution in [2.75, 3.05) is 46.4 Å². The van der Waals surface area contributed by atoms with Crippen LogP contribution in [-0.4, -0.2) is 82.9 Å². The van der Waals surface area contributed by atoms with E-state index >= 15 is 0 Å². The highest BCUT2D eigenvalue weighted by Crippen LogP contribution is 2.39. The SMILES string of the molecule is COc1ccc(CO/N=C2\CNCC2CN)c([N+](=O)[O-])c1OC.CS(=O)(=O)O.CS(=O)(=O)O. The lowest BCUT2D eigenvalue weighted by Gasteiger charge is -2.11. The van der Waals surface area contributed by atoms with Crippen LogP contribution in [0.3, 0.4) is 0 Å². The van der Waals surface area contributed by atoms with Crippen molar-refractivity contribution >= 4 is 31.6 Å². The zero-order valence-electron chi connectivity index (χ0n) is 18.4. The third-order valence-corrected chi connectivity index (χ3v) is 3.64. The molecule has 0 aliphatic carbocycles. The van der Waals surface area contributed by atoms with E-state index < -0.39 is 25.2 Å². The molecule has 17 heteroatoms. The van der Waals surface area contributed by atoms with Gasteiger partial charge in [0.25, 0.3) is 20.2 Å². The first-order chi connectivity index (χ1) is 15.1. The molecule has 1 aliphatic rings. The molecule has 0 amide bonds. The molecule has 1 fully saturated rings. The molecule has 33 heavy (non-hydrogen) atoms. The summed E-state index contributed by atoms with van der Waals surface area (Å²) < 4.78 is 61.9. The van der Waals surface area contributed by atoms with Crippen molar-refractivity contribution in [2.45, 2.75) is 6.61 Å². The average molecular weight is 517 g/mol. The number of ether oxygens (including phenoxy) is 2. The number of nitro benzene ring substituents is 1. The van der Waals surface area contributed by atoms with E-state index in [0.717, 1.165) is 12.3 Å².